The van der Waals surface area contributed by atoms with Crippen LogP contribution in [0.2, 0.25) is 0 Å². The molecule has 0 bridgehead atoms. The Bertz CT molecular complexity index is 475. The second-order valence-corrected chi connectivity index (χ2v) is 8.93. The third-order valence-electron chi connectivity index (χ3n) is 7.07. The van der Waals surface area contributed by atoms with Crippen LogP contribution in [0.15, 0.2) is 4.99 Å². The fourth-order valence-corrected chi connectivity index (χ4v) is 5.07. The number of hydrogen-bond donors (Lipinski definition) is 2. The fraction of sp³-hybridized carbons (Fsp3) is 0.952. The van der Waals surface area contributed by atoms with Gasteiger partial charge < -0.3 is 20.3 Å². The van der Waals surface area contributed by atoms with Gasteiger partial charge in [-0.25, -0.2) is 0 Å². The lowest BCUT2D eigenvalue weighted by atomic mass is 9.88. The fourth-order valence-electron chi connectivity index (χ4n) is 5.07. The highest BCUT2D eigenvalue weighted by Gasteiger charge is 2.35. The van der Waals surface area contributed by atoms with E-state index < -0.39 is 0 Å². The summed E-state index contributed by atoms with van der Waals surface area (Å²) in [5.74, 6) is 0.957. The Morgan fingerprint density at radius 1 is 1.11 bits per heavy atom. The SMILES string of the molecule is CN=C(NCC1(N(C)C)CCOCC1)NC1CCCN(C2CCCCC2)C1.I. The van der Waals surface area contributed by atoms with Gasteiger partial charge in [-0.2, -0.15) is 0 Å². The van der Waals surface area contributed by atoms with Gasteiger partial charge in [0.25, 0.3) is 0 Å². The zero-order chi connectivity index (χ0) is 19.1. The van der Waals surface area contributed by atoms with Crippen LogP contribution in [0.25, 0.3) is 0 Å². The first kappa shape index (κ1) is 24.2. The van der Waals surface area contributed by atoms with E-state index in [-0.39, 0.29) is 29.5 Å². The van der Waals surface area contributed by atoms with Crippen molar-refractivity contribution in [1.82, 2.24) is 20.4 Å². The third kappa shape index (κ3) is 6.44. The van der Waals surface area contributed by atoms with Crippen molar-refractivity contribution in [2.24, 2.45) is 4.99 Å². The molecule has 0 spiro atoms. The van der Waals surface area contributed by atoms with Crippen molar-refractivity contribution in [3.05, 3.63) is 0 Å². The molecule has 1 atom stereocenters. The molecule has 0 aromatic heterocycles. The number of ether oxygens (including phenoxy) is 1. The zero-order valence-corrected chi connectivity index (χ0v) is 20.5. The molecule has 0 aromatic rings. The maximum absolute atomic E-state index is 5.59. The Morgan fingerprint density at radius 3 is 2.46 bits per heavy atom. The number of nitrogens with zero attached hydrogens (tertiary/aromatic N) is 3. The van der Waals surface area contributed by atoms with Crippen molar-refractivity contribution in [3.63, 3.8) is 0 Å². The predicted octanol–water partition coefficient (Wildman–Crippen LogP) is 2.68. The first-order valence-corrected chi connectivity index (χ1v) is 11.1. The Hall–Kier alpha value is -0.120. The van der Waals surface area contributed by atoms with E-state index in [4.69, 9.17) is 4.74 Å². The van der Waals surface area contributed by atoms with Gasteiger partial charge in [0.2, 0.25) is 0 Å². The smallest absolute Gasteiger partial charge is 0.191 e. The second-order valence-electron chi connectivity index (χ2n) is 8.93. The molecule has 3 aliphatic rings. The van der Waals surface area contributed by atoms with E-state index >= 15 is 0 Å². The minimum Gasteiger partial charge on any atom is -0.381 e. The summed E-state index contributed by atoms with van der Waals surface area (Å²) < 4.78 is 5.59. The number of hydrogen-bond acceptors (Lipinski definition) is 4. The highest BCUT2D eigenvalue weighted by Crippen LogP contribution is 2.26. The van der Waals surface area contributed by atoms with Crippen LogP contribution in [0.4, 0.5) is 0 Å². The van der Waals surface area contributed by atoms with E-state index in [1.807, 2.05) is 7.05 Å². The molecule has 0 radical (unpaired) electrons. The molecular weight excluding hydrogens is 465 g/mol. The molecule has 2 aliphatic heterocycles. The average Bonchev–Trinajstić information content (AvgIpc) is 2.72. The zero-order valence-electron chi connectivity index (χ0n) is 18.2. The number of aliphatic imine (C=N–C) groups is 1. The van der Waals surface area contributed by atoms with Gasteiger partial charge in [0, 0.05) is 51.0 Å². The Labute approximate surface area is 189 Å². The monoisotopic (exact) mass is 507 g/mol. The Morgan fingerprint density at radius 2 is 1.82 bits per heavy atom. The van der Waals surface area contributed by atoms with Gasteiger partial charge in [-0.1, -0.05) is 19.3 Å². The first-order chi connectivity index (χ1) is 13.1. The molecule has 2 heterocycles. The molecule has 1 unspecified atom stereocenters. The van der Waals surface area contributed by atoms with Crippen molar-refractivity contribution in [1.29, 1.82) is 0 Å². The van der Waals surface area contributed by atoms with Crippen LogP contribution in [0.5, 0.6) is 0 Å². The summed E-state index contributed by atoms with van der Waals surface area (Å²) >= 11 is 0. The van der Waals surface area contributed by atoms with Crippen molar-refractivity contribution in [3.8, 4) is 0 Å². The van der Waals surface area contributed by atoms with E-state index in [2.05, 4.69) is 39.5 Å². The van der Waals surface area contributed by atoms with E-state index in [9.17, 15) is 0 Å². The average molecular weight is 508 g/mol. The molecule has 2 saturated heterocycles. The maximum Gasteiger partial charge on any atom is 0.191 e. The Kier molecular flexibility index (Phi) is 10.3. The molecule has 0 amide bonds. The molecule has 3 fully saturated rings. The maximum atomic E-state index is 5.59. The van der Waals surface area contributed by atoms with Gasteiger partial charge in [0.15, 0.2) is 5.96 Å². The van der Waals surface area contributed by atoms with Crippen LogP contribution in [-0.2, 0) is 4.74 Å². The van der Waals surface area contributed by atoms with Gasteiger partial charge in [0.05, 0.1) is 0 Å². The minimum atomic E-state index is 0. The van der Waals surface area contributed by atoms with E-state index in [0.29, 0.717) is 6.04 Å². The summed E-state index contributed by atoms with van der Waals surface area (Å²) in [6.07, 6.45) is 11.7. The lowest BCUT2D eigenvalue weighted by Gasteiger charge is -2.43. The lowest BCUT2D eigenvalue weighted by molar-refractivity contribution is -0.00505. The molecular formula is C21H42IN5O. The molecule has 3 rings (SSSR count). The van der Waals surface area contributed by atoms with Crippen molar-refractivity contribution >= 4 is 29.9 Å². The number of likely N-dealkylation sites (tertiary alicyclic amines) is 1. The molecule has 6 nitrogen and oxygen atoms in total. The lowest BCUT2D eigenvalue weighted by Crippen LogP contribution is -2.59. The molecule has 0 aromatic carbocycles. The standard InChI is InChI=1S/C21H41N5O.HI/c1-22-20(23-17-21(25(2)3)11-14-27-15-12-21)24-18-8-7-13-26(16-18)19-9-5-4-6-10-19;/h18-19H,4-17H2,1-3H3,(H2,22,23,24);1H. The van der Waals surface area contributed by atoms with Gasteiger partial charge in [-0.05, 0) is 59.2 Å². The highest BCUT2D eigenvalue weighted by molar-refractivity contribution is 14.0. The van der Waals surface area contributed by atoms with E-state index in [0.717, 1.165) is 51.1 Å². The topological polar surface area (TPSA) is 52.1 Å². The molecule has 164 valence electrons. The van der Waals surface area contributed by atoms with Gasteiger partial charge >= 0.3 is 0 Å². The summed E-state index contributed by atoms with van der Waals surface area (Å²) in [6, 6.07) is 1.33. The van der Waals surface area contributed by atoms with Gasteiger partial charge in [0.1, 0.15) is 0 Å². The molecule has 2 N–H and O–H groups in total. The normalized spacial score (nSPS) is 27.3. The summed E-state index contributed by atoms with van der Waals surface area (Å²) in [5, 5.41) is 7.34. The van der Waals surface area contributed by atoms with Crippen LogP contribution in [-0.4, -0.2) is 87.4 Å². The van der Waals surface area contributed by atoms with Crippen molar-refractivity contribution < 1.29 is 4.74 Å². The summed E-state index contributed by atoms with van der Waals surface area (Å²) in [6.45, 7) is 5.06. The van der Waals surface area contributed by atoms with Crippen molar-refractivity contribution in [2.75, 3.05) is 54.0 Å². The predicted molar refractivity (Wildman–Crippen MR) is 128 cm³/mol. The first-order valence-electron chi connectivity index (χ1n) is 11.1. The van der Waals surface area contributed by atoms with Crippen LogP contribution in [0.1, 0.15) is 57.8 Å². The number of halogens is 1. The number of nitrogens with one attached hydrogen (secondary N) is 2. The quantitative estimate of drug-likeness (QED) is 0.341. The summed E-state index contributed by atoms with van der Waals surface area (Å²) in [7, 11) is 6.27. The third-order valence-corrected chi connectivity index (χ3v) is 7.07. The highest BCUT2D eigenvalue weighted by atomic mass is 127. The van der Waals surface area contributed by atoms with Crippen LogP contribution in [0, 0.1) is 0 Å². The van der Waals surface area contributed by atoms with Crippen LogP contribution in [0.3, 0.4) is 0 Å². The minimum absolute atomic E-state index is 0. The summed E-state index contributed by atoms with van der Waals surface area (Å²) in [4.78, 5) is 9.63. The van der Waals surface area contributed by atoms with Crippen LogP contribution < -0.4 is 10.6 Å². The van der Waals surface area contributed by atoms with E-state index in [1.165, 1.54) is 51.5 Å². The van der Waals surface area contributed by atoms with Gasteiger partial charge in [-0.15, -0.1) is 24.0 Å². The second kappa shape index (κ2) is 11.9. The molecule has 1 aliphatic carbocycles. The molecule has 1 saturated carbocycles. The number of rotatable bonds is 5. The Balaban J connectivity index is 0.00000280. The van der Waals surface area contributed by atoms with Gasteiger partial charge in [-0.3, -0.25) is 9.89 Å². The summed E-state index contributed by atoms with van der Waals surface area (Å²) in [5.41, 5.74) is 0.163. The molecule has 7 heteroatoms. The van der Waals surface area contributed by atoms with E-state index in [1.54, 1.807) is 0 Å². The number of likely N-dealkylation sites (N-methyl/N-ethyl adjacent to an activating group) is 1. The largest absolute Gasteiger partial charge is 0.381 e. The van der Waals surface area contributed by atoms with Crippen molar-refractivity contribution in [2.45, 2.75) is 75.4 Å². The number of piperidine rings is 1. The molecule has 28 heavy (non-hydrogen) atoms. The van der Waals surface area contributed by atoms with Crippen LogP contribution >= 0.6 is 24.0 Å². The number of guanidine groups is 1.